The molecule has 0 saturated carbocycles. The lowest BCUT2D eigenvalue weighted by molar-refractivity contribution is 0.0841. The van der Waals surface area contributed by atoms with Gasteiger partial charge in [-0.3, -0.25) is 9.78 Å². The van der Waals surface area contributed by atoms with Crippen molar-refractivity contribution in [3.8, 4) is 5.75 Å². The van der Waals surface area contributed by atoms with Gasteiger partial charge in [0.1, 0.15) is 24.2 Å². The molecule has 0 aliphatic carbocycles. The highest BCUT2D eigenvalue weighted by molar-refractivity contribution is 6.05. The van der Waals surface area contributed by atoms with E-state index in [1.165, 1.54) is 0 Å². The predicted molar refractivity (Wildman–Crippen MR) is 96.8 cm³/mol. The monoisotopic (exact) mass is 336 g/mol. The van der Waals surface area contributed by atoms with E-state index in [4.69, 9.17) is 4.74 Å². The van der Waals surface area contributed by atoms with Gasteiger partial charge in [-0.1, -0.05) is 36.4 Å². The van der Waals surface area contributed by atoms with Gasteiger partial charge >= 0.3 is 0 Å². The van der Waals surface area contributed by atoms with Gasteiger partial charge in [0.2, 0.25) is 0 Å². The summed E-state index contributed by atoms with van der Waals surface area (Å²) in [6, 6.07) is 17.0. The number of ether oxygens (including phenoxy) is 1. The van der Waals surface area contributed by atoms with E-state index in [0.717, 1.165) is 16.3 Å². The normalized spacial score (nSPS) is 11.9. The Morgan fingerprint density at radius 1 is 1.20 bits per heavy atom. The second-order valence-electron chi connectivity index (χ2n) is 5.87. The molecule has 1 aromatic heterocycles. The minimum Gasteiger partial charge on any atom is -0.491 e. The fraction of sp³-hybridized carbons (Fsp3) is 0.200. The Labute approximate surface area is 146 Å². The summed E-state index contributed by atoms with van der Waals surface area (Å²) in [7, 11) is 0. The number of benzene rings is 2. The molecule has 1 unspecified atom stereocenters. The van der Waals surface area contributed by atoms with E-state index in [1.807, 2.05) is 61.5 Å². The molecule has 3 aromatic rings. The third-order valence-corrected chi connectivity index (χ3v) is 3.82. The van der Waals surface area contributed by atoms with Crippen LogP contribution in [0.3, 0.4) is 0 Å². The number of amides is 1. The first-order valence-electron chi connectivity index (χ1n) is 8.13. The Morgan fingerprint density at radius 2 is 2.04 bits per heavy atom. The zero-order valence-corrected chi connectivity index (χ0v) is 14.0. The van der Waals surface area contributed by atoms with Crippen molar-refractivity contribution in [2.75, 3.05) is 13.2 Å². The second-order valence-corrected chi connectivity index (χ2v) is 5.87. The molecule has 0 fully saturated rings. The van der Waals surface area contributed by atoms with Gasteiger partial charge in [-0.15, -0.1) is 0 Å². The van der Waals surface area contributed by atoms with Gasteiger partial charge in [-0.25, -0.2) is 0 Å². The molecule has 2 aromatic carbocycles. The number of aromatic nitrogens is 1. The molecule has 2 N–H and O–H groups in total. The Kier molecular flexibility index (Phi) is 5.26. The van der Waals surface area contributed by atoms with Crippen LogP contribution in [0.2, 0.25) is 0 Å². The second kappa shape index (κ2) is 7.77. The summed E-state index contributed by atoms with van der Waals surface area (Å²) >= 11 is 0. The van der Waals surface area contributed by atoms with Crippen LogP contribution in [0.1, 0.15) is 16.1 Å². The molecular formula is C20H20N2O3. The highest BCUT2D eigenvalue weighted by atomic mass is 16.5. The summed E-state index contributed by atoms with van der Waals surface area (Å²) in [5.41, 5.74) is 1.44. The molecule has 0 bridgehead atoms. The number of rotatable bonds is 6. The minimum absolute atomic E-state index is 0.0928. The van der Waals surface area contributed by atoms with Crippen molar-refractivity contribution < 1.29 is 14.6 Å². The zero-order valence-electron chi connectivity index (χ0n) is 14.0. The van der Waals surface area contributed by atoms with Crippen molar-refractivity contribution in [2.24, 2.45) is 0 Å². The number of pyridine rings is 1. The van der Waals surface area contributed by atoms with Crippen LogP contribution in [0.4, 0.5) is 0 Å². The number of hydrogen-bond acceptors (Lipinski definition) is 4. The Balaban J connectivity index is 1.56. The van der Waals surface area contributed by atoms with Crippen molar-refractivity contribution in [1.82, 2.24) is 10.3 Å². The van der Waals surface area contributed by atoms with E-state index in [9.17, 15) is 9.90 Å². The maximum absolute atomic E-state index is 12.4. The number of aliphatic hydroxyl groups is 1. The van der Waals surface area contributed by atoms with Gasteiger partial charge in [0.15, 0.2) is 0 Å². The van der Waals surface area contributed by atoms with Crippen molar-refractivity contribution in [1.29, 1.82) is 0 Å². The van der Waals surface area contributed by atoms with Crippen LogP contribution < -0.4 is 10.1 Å². The molecule has 0 radical (unpaired) electrons. The molecular weight excluding hydrogens is 316 g/mol. The molecule has 1 amide bonds. The fourth-order valence-corrected chi connectivity index (χ4v) is 2.55. The van der Waals surface area contributed by atoms with E-state index in [2.05, 4.69) is 10.3 Å². The lowest BCUT2D eigenvalue weighted by Gasteiger charge is -2.14. The first-order valence-corrected chi connectivity index (χ1v) is 8.13. The summed E-state index contributed by atoms with van der Waals surface area (Å²) in [5, 5.41) is 14.5. The number of nitrogens with one attached hydrogen (secondary N) is 1. The zero-order chi connectivity index (χ0) is 17.6. The SMILES string of the molecule is Cc1cccc(OCC(O)CNC(=O)c2nccc3ccccc23)c1. The smallest absolute Gasteiger partial charge is 0.270 e. The van der Waals surface area contributed by atoms with Crippen LogP contribution in [0, 0.1) is 6.92 Å². The quantitative estimate of drug-likeness (QED) is 0.726. The van der Waals surface area contributed by atoms with E-state index in [0.29, 0.717) is 11.4 Å². The van der Waals surface area contributed by atoms with Crippen molar-refractivity contribution >= 4 is 16.7 Å². The van der Waals surface area contributed by atoms with Crippen LogP contribution in [0.15, 0.2) is 60.8 Å². The van der Waals surface area contributed by atoms with Gasteiger partial charge in [0.25, 0.3) is 5.91 Å². The van der Waals surface area contributed by atoms with Gasteiger partial charge in [-0.05, 0) is 36.1 Å². The number of aliphatic hydroxyl groups excluding tert-OH is 1. The van der Waals surface area contributed by atoms with Crippen LogP contribution in [0.5, 0.6) is 5.75 Å². The van der Waals surface area contributed by atoms with Crippen LogP contribution in [-0.2, 0) is 0 Å². The summed E-state index contributed by atoms with van der Waals surface area (Å²) in [6.45, 7) is 2.17. The van der Waals surface area contributed by atoms with E-state index >= 15 is 0 Å². The van der Waals surface area contributed by atoms with E-state index in [1.54, 1.807) is 6.20 Å². The van der Waals surface area contributed by atoms with E-state index < -0.39 is 6.10 Å². The maximum Gasteiger partial charge on any atom is 0.270 e. The van der Waals surface area contributed by atoms with Crippen LogP contribution in [-0.4, -0.2) is 35.3 Å². The lowest BCUT2D eigenvalue weighted by Crippen LogP contribution is -2.35. The summed E-state index contributed by atoms with van der Waals surface area (Å²) in [5.74, 6) is 0.382. The number of carbonyl (C=O) groups is 1. The van der Waals surface area contributed by atoms with Crippen molar-refractivity contribution in [3.63, 3.8) is 0 Å². The Morgan fingerprint density at radius 3 is 2.88 bits per heavy atom. The third kappa shape index (κ3) is 4.33. The number of nitrogens with zero attached hydrogens (tertiary/aromatic N) is 1. The van der Waals surface area contributed by atoms with Gasteiger partial charge in [-0.2, -0.15) is 0 Å². The fourth-order valence-electron chi connectivity index (χ4n) is 2.55. The van der Waals surface area contributed by atoms with Crippen LogP contribution in [0.25, 0.3) is 10.8 Å². The van der Waals surface area contributed by atoms with Gasteiger partial charge in [0.05, 0.1) is 0 Å². The van der Waals surface area contributed by atoms with Crippen molar-refractivity contribution in [2.45, 2.75) is 13.0 Å². The largest absolute Gasteiger partial charge is 0.491 e. The molecule has 5 nitrogen and oxygen atoms in total. The maximum atomic E-state index is 12.4. The molecule has 0 spiro atoms. The molecule has 0 aliphatic heterocycles. The summed E-state index contributed by atoms with van der Waals surface area (Å²) in [4.78, 5) is 16.5. The molecule has 5 heteroatoms. The standard InChI is InChI=1S/C20H20N2O3/c1-14-5-4-7-17(11-14)25-13-16(23)12-22-20(24)19-18-8-3-2-6-15(18)9-10-21-19/h2-11,16,23H,12-13H2,1H3,(H,22,24). The lowest BCUT2D eigenvalue weighted by atomic mass is 10.1. The van der Waals surface area contributed by atoms with Crippen molar-refractivity contribution in [3.05, 3.63) is 72.1 Å². The average Bonchev–Trinajstić information content (AvgIpc) is 2.64. The molecule has 1 heterocycles. The molecule has 0 saturated heterocycles. The van der Waals surface area contributed by atoms with Gasteiger partial charge in [0, 0.05) is 18.1 Å². The summed E-state index contributed by atoms with van der Waals surface area (Å²) < 4.78 is 5.54. The van der Waals surface area contributed by atoms with Crippen LogP contribution >= 0.6 is 0 Å². The number of hydrogen-bond donors (Lipinski definition) is 2. The third-order valence-electron chi connectivity index (χ3n) is 3.82. The number of aryl methyl sites for hydroxylation is 1. The Hall–Kier alpha value is -2.92. The molecule has 25 heavy (non-hydrogen) atoms. The Bertz CT molecular complexity index is 874. The number of carbonyl (C=O) groups excluding carboxylic acids is 1. The molecule has 3 rings (SSSR count). The molecule has 1 atom stereocenters. The minimum atomic E-state index is -0.806. The highest BCUT2D eigenvalue weighted by Gasteiger charge is 2.13. The molecule has 128 valence electrons. The van der Waals surface area contributed by atoms with Gasteiger partial charge < -0.3 is 15.2 Å². The molecule has 0 aliphatic rings. The summed E-state index contributed by atoms with van der Waals surface area (Å²) in [6.07, 6.45) is 0.800. The first-order chi connectivity index (χ1) is 12.1. The highest BCUT2D eigenvalue weighted by Crippen LogP contribution is 2.16. The van der Waals surface area contributed by atoms with E-state index in [-0.39, 0.29) is 19.1 Å². The first kappa shape index (κ1) is 16.9. The average molecular weight is 336 g/mol. The predicted octanol–water partition coefficient (Wildman–Crippen LogP) is 2.71. The topological polar surface area (TPSA) is 71.5 Å². The number of fused-ring (bicyclic) bond motifs is 1.